The second-order valence-electron chi connectivity index (χ2n) is 25.7. The van der Waals surface area contributed by atoms with Crippen molar-refractivity contribution in [2.75, 3.05) is 26.4 Å². The van der Waals surface area contributed by atoms with Crippen LogP contribution in [0.2, 0.25) is 0 Å². The number of aliphatic hydroxyl groups excluding tert-OH is 11. The number of hydrogen-bond acceptors (Lipinski definition) is 18. The minimum atomic E-state index is -1.98. The van der Waals surface area contributed by atoms with Gasteiger partial charge >= 0.3 is 0 Å². The van der Waals surface area contributed by atoms with Crippen molar-refractivity contribution in [3.8, 4) is 0 Å². The van der Waals surface area contributed by atoms with Gasteiger partial charge in [-0.3, -0.25) is 4.79 Å². The Kier molecular flexibility index (Phi) is 47.7. The molecular formula is C70H129NO18. The third-order valence-electron chi connectivity index (χ3n) is 17.9. The summed E-state index contributed by atoms with van der Waals surface area (Å²) in [5.41, 5.74) is 0. The lowest BCUT2D eigenvalue weighted by Gasteiger charge is -2.48. The van der Waals surface area contributed by atoms with E-state index in [2.05, 4.69) is 43.5 Å². The molecule has 1 amide bonds. The predicted molar refractivity (Wildman–Crippen MR) is 346 cm³/mol. The molecule has 17 unspecified atom stereocenters. The molecular weight excluding hydrogens is 1140 g/mol. The zero-order valence-electron chi connectivity index (χ0n) is 55.2. The summed E-state index contributed by atoms with van der Waals surface area (Å²) >= 11 is 0. The molecule has 3 heterocycles. The first kappa shape index (κ1) is 81.2. The Labute approximate surface area is 536 Å². The van der Waals surface area contributed by atoms with E-state index in [1.165, 1.54) is 193 Å². The summed E-state index contributed by atoms with van der Waals surface area (Å²) < 4.78 is 34.3. The van der Waals surface area contributed by atoms with E-state index in [0.29, 0.717) is 12.8 Å². The zero-order valence-corrected chi connectivity index (χ0v) is 55.2. The Morgan fingerprint density at radius 3 is 1.12 bits per heavy atom. The molecule has 19 nitrogen and oxygen atoms in total. The quantitative estimate of drug-likeness (QED) is 0.0199. The molecule has 0 aromatic heterocycles. The number of carbonyl (C=O) groups excluding carboxylic acids is 1. The first-order chi connectivity index (χ1) is 43.3. The fourth-order valence-electron chi connectivity index (χ4n) is 12.1. The third-order valence-corrected chi connectivity index (χ3v) is 17.9. The number of unbranched alkanes of at least 4 members (excludes halogenated alkanes) is 35. The van der Waals surface area contributed by atoms with Gasteiger partial charge in [-0.25, -0.2) is 0 Å². The van der Waals surface area contributed by atoms with Gasteiger partial charge in [0.1, 0.15) is 73.2 Å². The van der Waals surface area contributed by atoms with Gasteiger partial charge in [0.05, 0.1) is 38.6 Å². The van der Waals surface area contributed by atoms with Crippen LogP contribution in [-0.4, -0.2) is 193 Å². The molecule has 0 spiro atoms. The summed E-state index contributed by atoms with van der Waals surface area (Å²) in [6.45, 7) is 1.74. The van der Waals surface area contributed by atoms with Gasteiger partial charge in [0, 0.05) is 6.42 Å². The molecule has 0 aliphatic carbocycles. The molecule has 19 heteroatoms. The maximum absolute atomic E-state index is 13.4. The zero-order chi connectivity index (χ0) is 64.7. The summed E-state index contributed by atoms with van der Waals surface area (Å²) in [5, 5.41) is 121. The lowest BCUT2D eigenvalue weighted by Crippen LogP contribution is -2.66. The van der Waals surface area contributed by atoms with Crippen LogP contribution in [0.15, 0.2) is 36.5 Å². The van der Waals surface area contributed by atoms with Crippen molar-refractivity contribution in [3.05, 3.63) is 36.5 Å². The predicted octanol–water partition coefficient (Wildman–Crippen LogP) is 9.61. The molecule has 3 aliphatic heterocycles. The van der Waals surface area contributed by atoms with Crippen LogP contribution in [0.4, 0.5) is 0 Å². The van der Waals surface area contributed by atoms with E-state index in [0.717, 1.165) is 44.9 Å². The molecule has 12 N–H and O–H groups in total. The number of rotatable bonds is 55. The van der Waals surface area contributed by atoms with Gasteiger partial charge in [-0.1, -0.05) is 256 Å². The second kappa shape index (κ2) is 52.3. The molecule has 89 heavy (non-hydrogen) atoms. The number of hydrogen-bond donors (Lipinski definition) is 12. The summed E-state index contributed by atoms with van der Waals surface area (Å²) in [6.07, 6.45) is 34.1. The molecule has 3 fully saturated rings. The maximum atomic E-state index is 13.4. The Balaban J connectivity index is 1.45. The van der Waals surface area contributed by atoms with Gasteiger partial charge < -0.3 is 89.9 Å². The van der Waals surface area contributed by atoms with Crippen molar-refractivity contribution in [1.29, 1.82) is 0 Å². The highest BCUT2D eigenvalue weighted by atomic mass is 16.8. The highest BCUT2D eigenvalue weighted by molar-refractivity contribution is 5.76. The number of carbonyl (C=O) groups is 1. The second-order valence-corrected chi connectivity index (χ2v) is 25.7. The van der Waals surface area contributed by atoms with Crippen molar-refractivity contribution in [3.63, 3.8) is 0 Å². The molecule has 0 saturated carbocycles. The molecule has 0 aromatic rings. The Bertz CT molecular complexity index is 1760. The highest BCUT2D eigenvalue weighted by Crippen LogP contribution is 2.33. The largest absolute Gasteiger partial charge is 0.394 e. The van der Waals surface area contributed by atoms with Crippen LogP contribution in [0.3, 0.4) is 0 Å². The molecule has 522 valence electrons. The first-order valence-electron chi connectivity index (χ1n) is 35.7. The summed E-state index contributed by atoms with van der Waals surface area (Å²) in [4.78, 5) is 13.4. The van der Waals surface area contributed by atoms with Crippen molar-refractivity contribution in [2.24, 2.45) is 0 Å². The van der Waals surface area contributed by atoms with E-state index in [1.54, 1.807) is 6.08 Å². The molecule has 3 rings (SSSR count). The average Bonchev–Trinajstić information content (AvgIpc) is 1.92. The Hall–Kier alpha value is -1.99. The van der Waals surface area contributed by atoms with E-state index < -0.39 is 124 Å². The van der Waals surface area contributed by atoms with Gasteiger partial charge in [-0.15, -0.1) is 0 Å². The normalized spacial score (nSPS) is 28.4. The Morgan fingerprint density at radius 1 is 0.393 bits per heavy atom. The van der Waals surface area contributed by atoms with E-state index in [-0.39, 0.29) is 18.9 Å². The van der Waals surface area contributed by atoms with E-state index in [4.69, 9.17) is 28.4 Å². The number of allylic oxidation sites excluding steroid dienone is 5. The monoisotopic (exact) mass is 1270 g/mol. The van der Waals surface area contributed by atoms with Crippen LogP contribution < -0.4 is 5.32 Å². The standard InChI is InChI=1S/C70H129NO18/c1-3-5-7-9-11-13-15-17-19-21-23-25-27-29-31-33-35-37-39-41-43-45-47-54(75)53(71-58(76)48-46-44-42-40-38-36-34-32-30-28-26-24-22-20-18-16-14-12-10-8-6-4-2)52-84-68-64(82)61(79)66(56(50-73)86-68)89-70-65(83)62(80)67(57(51-74)87-70)88-69-63(81)60(78)59(77)55(49-72)85-69/h29,31,37,39,45,47,53-57,59-70,72-75,77-83H,3-28,30,32-36,38,40-44,46,48-52H2,1-2H3,(H,71,76)/b31-29+,39-37+,47-45+. The van der Waals surface area contributed by atoms with Gasteiger partial charge in [-0.05, 0) is 44.9 Å². The van der Waals surface area contributed by atoms with Gasteiger partial charge in [-0.2, -0.15) is 0 Å². The topological polar surface area (TPSA) is 307 Å². The minimum absolute atomic E-state index is 0.236. The average molecular weight is 1270 g/mol. The molecule has 0 bridgehead atoms. The van der Waals surface area contributed by atoms with Gasteiger partial charge in [0.2, 0.25) is 5.91 Å². The van der Waals surface area contributed by atoms with Crippen molar-refractivity contribution < 1.29 is 89.4 Å². The van der Waals surface area contributed by atoms with Crippen LogP contribution in [-0.2, 0) is 33.2 Å². The maximum Gasteiger partial charge on any atom is 0.220 e. The van der Waals surface area contributed by atoms with Crippen LogP contribution in [0.1, 0.15) is 271 Å². The SMILES string of the molecule is CCCCCCCCCCCCCC/C=C/CC/C=C/CC/C=C/C(O)C(COC1OC(CO)C(OC2OC(CO)C(OC3OC(CO)C(O)C(O)C3O)C(O)C2O)C(O)C1O)NC(=O)CCCCCCCCCCCCCCCCCCCCCCCC. The fourth-order valence-corrected chi connectivity index (χ4v) is 12.1. The minimum Gasteiger partial charge on any atom is -0.394 e. The van der Waals surface area contributed by atoms with Gasteiger partial charge in [0.15, 0.2) is 18.9 Å². The first-order valence-corrected chi connectivity index (χ1v) is 35.7. The van der Waals surface area contributed by atoms with E-state index >= 15 is 0 Å². The van der Waals surface area contributed by atoms with Gasteiger partial charge in [0.25, 0.3) is 0 Å². The molecule has 17 atom stereocenters. The van der Waals surface area contributed by atoms with E-state index in [9.17, 15) is 61.0 Å². The van der Waals surface area contributed by atoms with Crippen molar-refractivity contribution in [1.82, 2.24) is 5.32 Å². The van der Waals surface area contributed by atoms with Crippen LogP contribution in [0.25, 0.3) is 0 Å². The smallest absolute Gasteiger partial charge is 0.220 e. The van der Waals surface area contributed by atoms with Crippen molar-refractivity contribution >= 4 is 5.91 Å². The van der Waals surface area contributed by atoms with Crippen molar-refractivity contribution in [2.45, 2.75) is 375 Å². The number of aliphatic hydroxyl groups is 11. The van der Waals surface area contributed by atoms with Crippen LogP contribution in [0.5, 0.6) is 0 Å². The number of ether oxygens (including phenoxy) is 6. The summed E-state index contributed by atoms with van der Waals surface area (Å²) in [6, 6.07) is -0.994. The number of amides is 1. The number of nitrogens with one attached hydrogen (secondary N) is 1. The molecule has 0 aromatic carbocycles. The van der Waals surface area contributed by atoms with E-state index in [1.807, 2.05) is 6.08 Å². The highest BCUT2D eigenvalue weighted by Gasteiger charge is 2.53. The molecule has 3 saturated heterocycles. The third kappa shape index (κ3) is 34.3. The lowest BCUT2D eigenvalue weighted by molar-refractivity contribution is -0.379. The fraction of sp³-hybridized carbons (Fsp3) is 0.900. The lowest BCUT2D eigenvalue weighted by atomic mass is 9.96. The molecule has 3 aliphatic rings. The Morgan fingerprint density at radius 2 is 0.719 bits per heavy atom. The summed E-state index contributed by atoms with van der Waals surface area (Å²) in [7, 11) is 0. The molecule has 0 radical (unpaired) electrons. The summed E-state index contributed by atoms with van der Waals surface area (Å²) in [5.74, 6) is -0.285. The van der Waals surface area contributed by atoms with Crippen LogP contribution >= 0.6 is 0 Å². The van der Waals surface area contributed by atoms with Crippen LogP contribution in [0, 0.1) is 0 Å².